The summed E-state index contributed by atoms with van der Waals surface area (Å²) in [5.74, 6) is 0.935. The lowest BCUT2D eigenvalue weighted by atomic mass is 10.1. The Morgan fingerprint density at radius 1 is 1.06 bits per heavy atom. The zero-order valence-electron chi connectivity index (χ0n) is 9.60. The number of hydrogen-bond donors (Lipinski definition) is 0. The molecule has 0 N–H and O–H groups in total. The lowest BCUT2D eigenvalue weighted by Gasteiger charge is -2.07. The Morgan fingerprint density at radius 2 is 1.94 bits per heavy atom. The third-order valence-electron chi connectivity index (χ3n) is 2.96. The highest BCUT2D eigenvalue weighted by Gasteiger charge is 2.11. The summed E-state index contributed by atoms with van der Waals surface area (Å²) < 4.78 is 5.78. The molecule has 2 heteroatoms. The Labute approximate surface area is 101 Å². The summed E-state index contributed by atoms with van der Waals surface area (Å²) in [4.78, 5) is 0. The van der Waals surface area contributed by atoms with Crippen LogP contribution in [0.4, 0.5) is 5.69 Å². The molecular weight excluding hydrogens is 210 g/mol. The average molecular weight is 224 g/mol. The highest BCUT2D eigenvalue weighted by molar-refractivity contribution is 5.51. The summed E-state index contributed by atoms with van der Waals surface area (Å²) in [7, 11) is 0. The second kappa shape index (κ2) is 4.50. The van der Waals surface area contributed by atoms with Crippen LogP contribution in [-0.2, 0) is 13.0 Å². The van der Waals surface area contributed by atoms with E-state index in [1.807, 2.05) is 30.3 Å². The van der Waals surface area contributed by atoms with E-state index in [0.29, 0.717) is 6.61 Å². The van der Waals surface area contributed by atoms with Gasteiger partial charge >= 0.3 is 0 Å². The maximum atomic E-state index is 5.78. The van der Waals surface area contributed by atoms with Crippen molar-refractivity contribution in [3.8, 4) is 5.75 Å². The van der Waals surface area contributed by atoms with Gasteiger partial charge in [-0.1, -0.05) is 30.3 Å². The van der Waals surface area contributed by atoms with Crippen LogP contribution < -0.4 is 10.1 Å². The second-order valence-corrected chi connectivity index (χ2v) is 4.20. The zero-order valence-corrected chi connectivity index (χ0v) is 9.60. The number of benzene rings is 2. The number of ether oxygens (including phenoxy) is 1. The summed E-state index contributed by atoms with van der Waals surface area (Å²) in [6.45, 7) is 1.54. The third kappa shape index (κ3) is 2.26. The normalized spacial score (nSPS) is 12.9. The van der Waals surface area contributed by atoms with Gasteiger partial charge in [-0.05, 0) is 35.7 Å². The minimum atomic E-state index is 0.622. The molecule has 1 aliphatic heterocycles. The fourth-order valence-electron chi connectivity index (χ4n) is 2.04. The van der Waals surface area contributed by atoms with E-state index >= 15 is 0 Å². The Bertz CT molecular complexity index is 508. The topological polar surface area (TPSA) is 23.3 Å². The molecule has 0 aliphatic carbocycles. The SMILES string of the molecule is c1ccc(COc2ccc3c(c2)CC[N]3)cc1. The van der Waals surface area contributed by atoms with Crippen LogP contribution in [0.5, 0.6) is 5.75 Å². The van der Waals surface area contributed by atoms with Crippen LogP contribution in [0.2, 0.25) is 0 Å². The summed E-state index contributed by atoms with van der Waals surface area (Å²) >= 11 is 0. The second-order valence-electron chi connectivity index (χ2n) is 4.20. The molecule has 0 fully saturated rings. The van der Waals surface area contributed by atoms with Crippen LogP contribution in [0.15, 0.2) is 48.5 Å². The van der Waals surface area contributed by atoms with E-state index in [2.05, 4.69) is 23.5 Å². The number of hydrogen-bond acceptors (Lipinski definition) is 1. The predicted molar refractivity (Wildman–Crippen MR) is 67.6 cm³/mol. The molecule has 2 aromatic rings. The van der Waals surface area contributed by atoms with E-state index in [1.54, 1.807) is 0 Å². The molecule has 0 unspecified atom stereocenters. The van der Waals surface area contributed by atoms with Gasteiger partial charge in [0.15, 0.2) is 0 Å². The number of fused-ring (bicyclic) bond motifs is 1. The minimum Gasteiger partial charge on any atom is -0.489 e. The van der Waals surface area contributed by atoms with Gasteiger partial charge in [0.2, 0.25) is 0 Å². The van der Waals surface area contributed by atoms with Crippen molar-refractivity contribution < 1.29 is 4.74 Å². The van der Waals surface area contributed by atoms with Crippen molar-refractivity contribution in [2.75, 3.05) is 6.54 Å². The highest BCUT2D eigenvalue weighted by atomic mass is 16.5. The molecule has 1 radical (unpaired) electrons. The number of nitrogens with zero attached hydrogens (tertiary/aromatic N) is 1. The molecule has 0 atom stereocenters. The quantitative estimate of drug-likeness (QED) is 0.786. The molecule has 17 heavy (non-hydrogen) atoms. The highest BCUT2D eigenvalue weighted by Crippen LogP contribution is 2.27. The van der Waals surface area contributed by atoms with Gasteiger partial charge in [0.25, 0.3) is 0 Å². The molecule has 1 heterocycles. The molecule has 0 saturated carbocycles. The van der Waals surface area contributed by atoms with Gasteiger partial charge in [-0.15, -0.1) is 0 Å². The van der Waals surface area contributed by atoms with Crippen molar-refractivity contribution in [3.05, 3.63) is 59.7 Å². The first-order valence-corrected chi connectivity index (χ1v) is 5.89. The molecule has 2 aromatic carbocycles. The average Bonchev–Trinajstić information content (AvgIpc) is 2.85. The Kier molecular flexibility index (Phi) is 2.70. The third-order valence-corrected chi connectivity index (χ3v) is 2.96. The minimum absolute atomic E-state index is 0.622. The van der Waals surface area contributed by atoms with Crippen LogP contribution in [0.25, 0.3) is 0 Å². The summed E-state index contributed by atoms with van der Waals surface area (Å²) in [6, 6.07) is 16.4. The first-order valence-electron chi connectivity index (χ1n) is 5.89. The predicted octanol–water partition coefficient (Wildman–Crippen LogP) is 3.06. The summed E-state index contributed by atoms with van der Waals surface area (Å²) in [5.41, 5.74) is 3.62. The van der Waals surface area contributed by atoms with Gasteiger partial charge in [0, 0.05) is 6.54 Å². The Balaban J connectivity index is 1.70. The van der Waals surface area contributed by atoms with Crippen molar-refractivity contribution in [3.63, 3.8) is 0 Å². The van der Waals surface area contributed by atoms with Crippen molar-refractivity contribution in [2.24, 2.45) is 0 Å². The molecule has 0 aromatic heterocycles. The van der Waals surface area contributed by atoms with Crippen LogP contribution >= 0.6 is 0 Å². The molecule has 0 amide bonds. The lowest BCUT2D eigenvalue weighted by Crippen LogP contribution is -1.95. The van der Waals surface area contributed by atoms with Crippen molar-refractivity contribution in [2.45, 2.75) is 13.0 Å². The summed E-state index contributed by atoms with van der Waals surface area (Å²) in [6.07, 6.45) is 1.04. The van der Waals surface area contributed by atoms with Crippen LogP contribution in [0.1, 0.15) is 11.1 Å². The van der Waals surface area contributed by atoms with Crippen molar-refractivity contribution >= 4 is 5.69 Å². The molecule has 3 rings (SSSR count). The largest absolute Gasteiger partial charge is 0.489 e. The van der Waals surface area contributed by atoms with E-state index < -0.39 is 0 Å². The molecule has 2 nitrogen and oxygen atoms in total. The van der Waals surface area contributed by atoms with Gasteiger partial charge in [0.1, 0.15) is 12.4 Å². The smallest absolute Gasteiger partial charge is 0.120 e. The molecule has 0 bridgehead atoms. The molecule has 0 saturated heterocycles. The van der Waals surface area contributed by atoms with E-state index in [1.165, 1.54) is 11.1 Å². The van der Waals surface area contributed by atoms with Gasteiger partial charge in [-0.3, -0.25) is 5.32 Å². The zero-order chi connectivity index (χ0) is 11.5. The van der Waals surface area contributed by atoms with Crippen LogP contribution in [0.3, 0.4) is 0 Å². The van der Waals surface area contributed by atoms with E-state index in [0.717, 1.165) is 24.4 Å². The fraction of sp³-hybridized carbons (Fsp3) is 0.200. The standard InChI is InChI=1S/C15H14NO/c1-2-4-12(5-3-1)11-17-14-6-7-15-13(10-14)8-9-16-15/h1-7,10H,8-9,11H2. The van der Waals surface area contributed by atoms with Gasteiger partial charge in [-0.25, -0.2) is 0 Å². The Morgan fingerprint density at radius 3 is 2.82 bits per heavy atom. The van der Waals surface area contributed by atoms with Crippen LogP contribution in [-0.4, -0.2) is 6.54 Å². The first-order chi connectivity index (χ1) is 8.42. The molecule has 0 spiro atoms. The maximum absolute atomic E-state index is 5.78. The van der Waals surface area contributed by atoms with Gasteiger partial charge in [-0.2, -0.15) is 0 Å². The monoisotopic (exact) mass is 224 g/mol. The number of rotatable bonds is 3. The van der Waals surface area contributed by atoms with Gasteiger partial charge < -0.3 is 4.74 Å². The summed E-state index contributed by atoms with van der Waals surface area (Å²) in [5, 5.41) is 4.40. The van der Waals surface area contributed by atoms with Gasteiger partial charge in [0.05, 0.1) is 5.69 Å². The van der Waals surface area contributed by atoms with Crippen LogP contribution in [0, 0.1) is 0 Å². The Hall–Kier alpha value is -1.96. The molecule has 1 aliphatic rings. The first kappa shape index (κ1) is 10.2. The fourth-order valence-corrected chi connectivity index (χ4v) is 2.04. The van der Waals surface area contributed by atoms with E-state index in [9.17, 15) is 0 Å². The van der Waals surface area contributed by atoms with E-state index in [-0.39, 0.29) is 0 Å². The molecule has 85 valence electrons. The molecular formula is C15H14NO. The van der Waals surface area contributed by atoms with E-state index in [4.69, 9.17) is 4.74 Å². The van der Waals surface area contributed by atoms with Crippen molar-refractivity contribution in [1.29, 1.82) is 0 Å². The lowest BCUT2D eigenvalue weighted by molar-refractivity contribution is 0.306. The van der Waals surface area contributed by atoms with Crippen molar-refractivity contribution in [1.82, 2.24) is 5.32 Å². The maximum Gasteiger partial charge on any atom is 0.120 e.